The molecule has 2 rings (SSSR count). The zero-order chi connectivity index (χ0) is 11.2. The Morgan fingerprint density at radius 1 is 1.47 bits per heavy atom. The predicted octanol–water partition coefficient (Wildman–Crippen LogP) is 0.778. The molecule has 1 aliphatic rings. The smallest absolute Gasteiger partial charge is 0.322 e. The number of aliphatic carboxylic acids is 1. The molecule has 0 amide bonds. The lowest BCUT2D eigenvalue weighted by Crippen LogP contribution is -2.26. The number of carboxylic acid groups (broad SMARTS) is 1. The molecule has 1 aromatic rings. The summed E-state index contributed by atoms with van der Waals surface area (Å²) in [7, 11) is -3.67. The minimum Gasteiger partial charge on any atom is -0.480 e. The second-order valence-electron chi connectivity index (χ2n) is 3.63. The van der Waals surface area contributed by atoms with Gasteiger partial charge in [-0.15, -0.1) is 0 Å². The fourth-order valence-corrected chi connectivity index (χ4v) is 3.69. The molecule has 1 heterocycles. The molecule has 1 atom stereocenters. The van der Waals surface area contributed by atoms with E-state index in [9.17, 15) is 13.2 Å². The molecule has 0 spiro atoms. The van der Waals surface area contributed by atoms with Crippen LogP contribution in [0.25, 0.3) is 0 Å². The normalized spacial score (nSPS) is 22.3. The zero-order valence-electron chi connectivity index (χ0n) is 8.10. The van der Waals surface area contributed by atoms with E-state index in [0.29, 0.717) is 5.56 Å². The first-order chi connectivity index (χ1) is 6.94. The summed E-state index contributed by atoms with van der Waals surface area (Å²) < 4.78 is 23.6. The van der Waals surface area contributed by atoms with E-state index in [1.54, 1.807) is 19.1 Å². The lowest BCUT2D eigenvalue weighted by atomic mass is 10.0. The van der Waals surface area contributed by atoms with Crippen molar-refractivity contribution in [2.75, 3.05) is 0 Å². The lowest BCUT2D eigenvalue weighted by Gasteiger charge is -2.01. The number of benzene rings is 1. The topological polar surface area (TPSA) is 71.4 Å². The molecule has 0 saturated heterocycles. The molecule has 0 fully saturated rings. The minimum absolute atomic E-state index is 0.0830. The Balaban J connectivity index is 2.68. The van der Waals surface area contributed by atoms with E-state index < -0.39 is 21.1 Å². The maximum absolute atomic E-state index is 11.8. The van der Waals surface area contributed by atoms with Crippen molar-refractivity contribution in [3.8, 4) is 0 Å². The molecule has 4 nitrogen and oxygen atoms in total. The standard InChI is InChI=1S/C10H10O4S/c1-6-3-2-4-8-7(6)5-9(10(11)12)15(8,13)14/h2-4,9H,5H2,1H3,(H,11,12). The molecule has 5 heteroatoms. The molecule has 1 N–H and O–H groups in total. The van der Waals surface area contributed by atoms with Gasteiger partial charge in [0.25, 0.3) is 0 Å². The van der Waals surface area contributed by atoms with Gasteiger partial charge in [-0.25, -0.2) is 8.42 Å². The van der Waals surface area contributed by atoms with Crippen LogP contribution in [0.2, 0.25) is 0 Å². The first-order valence-corrected chi connectivity index (χ1v) is 6.04. The van der Waals surface area contributed by atoms with Crippen molar-refractivity contribution in [2.45, 2.75) is 23.5 Å². The van der Waals surface area contributed by atoms with E-state index in [-0.39, 0.29) is 11.3 Å². The third-order valence-corrected chi connectivity index (χ3v) is 4.83. The number of rotatable bonds is 1. The van der Waals surface area contributed by atoms with Gasteiger partial charge < -0.3 is 5.11 Å². The number of carbonyl (C=O) groups is 1. The largest absolute Gasteiger partial charge is 0.480 e. The fraction of sp³-hybridized carbons (Fsp3) is 0.300. The van der Waals surface area contributed by atoms with Gasteiger partial charge in [-0.05, 0) is 24.1 Å². The molecule has 0 saturated carbocycles. The van der Waals surface area contributed by atoms with Gasteiger partial charge >= 0.3 is 5.97 Å². The summed E-state index contributed by atoms with van der Waals surface area (Å²) in [6, 6.07) is 4.90. The van der Waals surface area contributed by atoms with E-state index in [4.69, 9.17) is 5.11 Å². The second kappa shape index (κ2) is 3.06. The Hall–Kier alpha value is -1.36. The SMILES string of the molecule is Cc1cccc2c1CC(C(=O)O)S2(=O)=O. The molecule has 15 heavy (non-hydrogen) atoms. The van der Waals surface area contributed by atoms with Crippen LogP contribution in [0.5, 0.6) is 0 Å². The minimum atomic E-state index is -3.67. The van der Waals surface area contributed by atoms with Gasteiger partial charge in [-0.3, -0.25) is 4.79 Å². The molecule has 0 radical (unpaired) electrons. The van der Waals surface area contributed by atoms with E-state index >= 15 is 0 Å². The van der Waals surface area contributed by atoms with Crippen LogP contribution in [-0.4, -0.2) is 24.7 Å². The van der Waals surface area contributed by atoms with Gasteiger partial charge in [0.2, 0.25) is 0 Å². The first-order valence-electron chi connectivity index (χ1n) is 4.50. The Labute approximate surface area is 87.5 Å². The van der Waals surface area contributed by atoms with Gasteiger partial charge in [-0.1, -0.05) is 12.1 Å². The van der Waals surface area contributed by atoms with Gasteiger partial charge in [0.15, 0.2) is 15.1 Å². The fourth-order valence-electron chi connectivity index (χ4n) is 1.87. The van der Waals surface area contributed by atoms with Crippen LogP contribution in [0.15, 0.2) is 23.1 Å². The monoisotopic (exact) mass is 226 g/mol. The van der Waals surface area contributed by atoms with Crippen molar-refractivity contribution < 1.29 is 18.3 Å². The highest BCUT2D eigenvalue weighted by molar-refractivity contribution is 7.93. The average Bonchev–Trinajstić information content (AvgIpc) is 2.40. The zero-order valence-corrected chi connectivity index (χ0v) is 8.91. The van der Waals surface area contributed by atoms with E-state index in [2.05, 4.69) is 0 Å². The lowest BCUT2D eigenvalue weighted by molar-refractivity contribution is -0.136. The molecule has 0 aromatic heterocycles. The molecular formula is C10H10O4S. The van der Waals surface area contributed by atoms with Gasteiger partial charge in [0, 0.05) is 6.42 Å². The predicted molar refractivity (Wildman–Crippen MR) is 53.5 cm³/mol. The van der Waals surface area contributed by atoms with Gasteiger partial charge in [-0.2, -0.15) is 0 Å². The van der Waals surface area contributed by atoms with Crippen LogP contribution in [0.4, 0.5) is 0 Å². The molecule has 1 aromatic carbocycles. The summed E-state index contributed by atoms with van der Waals surface area (Å²) in [6.07, 6.45) is 0.0830. The summed E-state index contributed by atoms with van der Waals surface area (Å²) >= 11 is 0. The highest BCUT2D eigenvalue weighted by atomic mass is 32.2. The summed E-state index contributed by atoms with van der Waals surface area (Å²) in [6.45, 7) is 1.79. The quantitative estimate of drug-likeness (QED) is 0.768. The Morgan fingerprint density at radius 2 is 2.13 bits per heavy atom. The van der Waals surface area contributed by atoms with Crippen molar-refractivity contribution in [2.24, 2.45) is 0 Å². The van der Waals surface area contributed by atoms with Crippen molar-refractivity contribution in [3.05, 3.63) is 29.3 Å². The third-order valence-electron chi connectivity index (χ3n) is 2.71. The summed E-state index contributed by atoms with van der Waals surface area (Å²) in [4.78, 5) is 11.0. The summed E-state index contributed by atoms with van der Waals surface area (Å²) in [5.41, 5.74) is 1.48. The van der Waals surface area contributed by atoms with Gasteiger partial charge in [0.1, 0.15) is 0 Å². The number of hydrogen-bond acceptors (Lipinski definition) is 3. The first kappa shape index (κ1) is 10.2. The van der Waals surface area contributed by atoms with E-state index in [0.717, 1.165) is 5.56 Å². The number of fused-ring (bicyclic) bond motifs is 1. The molecule has 0 bridgehead atoms. The summed E-state index contributed by atoms with van der Waals surface area (Å²) in [5.74, 6) is -1.27. The Bertz CT molecular complexity index is 530. The number of hydrogen-bond donors (Lipinski definition) is 1. The van der Waals surface area contributed by atoms with Crippen molar-refractivity contribution in [3.63, 3.8) is 0 Å². The molecule has 1 unspecified atom stereocenters. The Kier molecular flexibility index (Phi) is 2.08. The van der Waals surface area contributed by atoms with Crippen LogP contribution in [-0.2, 0) is 21.1 Å². The number of carboxylic acids is 1. The van der Waals surface area contributed by atoms with Crippen LogP contribution in [0.1, 0.15) is 11.1 Å². The molecular weight excluding hydrogens is 216 g/mol. The number of aryl methyl sites for hydroxylation is 1. The highest BCUT2D eigenvalue weighted by Gasteiger charge is 2.42. The highest BCUT2D eigenvalue weighted by Crippen LogP contribution is 2.33. The molecule has 80 valence electrons. The van der Waals surface area contributed by atoms with E-state index in [1.165, 1.54) is 6.07 Å². The third kappa shape index (κ3) is 1.34. The van der Waals surface area contributed by atoms with Crippen molar-refractivity contribution in [1.82, 2.24) is 0 Å². The van der Waals surface area contributed by atoms with Crippen molar-refractivity contribution in [1.29, 1.82) is 0 Å². The average molecular weight is 226 g/mol. The molecule has 1 aliphatic heterocycles. The van der Waals surface area contributed by atoms with Crippen molar-refractivity contribution >= 4 is 15.8 Å². The van der Waals surface area contributed by atoms with Crippen LogP contribution >= 0.6 is 0 Å². The Morgan fingerprint density at radius 3 is 2.67 bits per heavy atom. The maximum Gasteiger partial charge on any atom is 0.322 e. The summed E-state index contributed by atoms with van der Waals surface area (Å²) in [5, 5.41) is 7.52. The second-order valence-corrected chi connectivity index (χ2v) is 5.73. The molecule has 0 aliphatic carbocycles. The van der Waals surface area contributed by atoms with Crippen LogP contribution in [0.3, 0.4) is 0 Å². The van der Waals surface area contributed by atoms with Gasteiger partial charge in [0.05, 0.1) is 4.90 Å². The number of sulfone groups is 1. The van der Waals surface area contributed by atoms with Crippen LogP contribution < -0.4 is 0 Å². The van der Waals surface area contributed by atoms with Crippen LogP contribution in [0, 0.1) is 6.92 Å². The van der Waals surface area contributed by atoms with E-state index in [1.807, 2.05) is 0 Å². The maximum atomic E-state index is 11.8.